The lowest BCUT2D eigenvalue weighted by atomic mass is 10.1. The first-order valence-corrected chi connectivity index (χ1v) is 7.81. The monoisotopic (exact) mass is 345 g/mol. The van der Waals surface area contributed by atoms with Crippen molar-refractivity contribution in [3.8, 4) is 0 Å². The number of nitrogens with one attached hydrogen (secondary N) is 1. The molecule has 7 nitrogen and oxygen atoms in total. The Labute approximate surface area is 136 Å². The highest BCUT2D eigenvalue weighted by molar-refractivity contribution is 5.89. The molecule has 24 heavy (non-hydrogen) atoms. The fourth-order valence-corrected chi connectivity index (χ4v) is 3.21. The molecule has 1 fully saturated rings. The lowest BCUT2D eigenvalue weighted by molar-refractivity contribution is -0.157. The predicted molar refractivity (Wildman–Crippen MR) is 75.6 cm³/mol. The maximum Gasteiger partial charge on any atom is 0.406 e. The van der Waals surface area contributed by atoms with E-state index in [0.717, 1.165) is 25.2 Å². The highest BCUT2D eigenvalue weighted by Crippen LogP contribution is 2.25. The van der Waals surface area contributed by atoms with Crippen molar-refractivity contribution in [1.29, 1.82) is 0 Å². The molecule has 0 radical (unpaired) electrons. The molecule has 0 spiro atoms. The molecule has 3 rings (SSSR count). The van der Waals surface area contributed by atoms with Crippen LogP contribution in [0, 0.1) is 5.92 Å². The number of aromatic nitrogens is 3. The second-order valence-corrected chi connectivity index (χ2v) is 6.25. The van der Waals surface area contributed by atoms with Crippen molar-refractivity contribution in [3.63, 3.8) is 0 Å². The number of likely N-dealkylation sites (tertiary alicyclic amines) is 1. The maximum absolute atomic E-state index is 12.4. The largest absolute Gasteiger partial charge is 0.406 e. The number of amides is 2. The summed E-state index contributed by atoms with van der Waals surface area (Å²) in [5, 5.41) is 10.9. The van der Waals surface area contributed by atoms with Crippen LogP contribution in [0.1, 0.15) is 37.5 Å². The Morgan fingerprint density at radius 1 is 1.42 bits per heavy atom. The Morgan fingerprint density at radius 2 is 2.17 bits per heavy atom. The zero-order chi connectivity index (χ0) is 17.5. The predicted octanol–water partition coefficient (Wildman–Crippen LogP) is 0.812. The Hall–Kier alpha value is -2.13. The number of rotatable bonds is 4. The normalized spacial score (nSPS) is 21.9. The third-order valence-corrected chi connectivity index (χ3v) is 4.34. The number of nitrogens with zero attached hydrogens (tertiary/aromatic N) is 4. The number of hydrogen-bond acceptors (Lipinski definition) is 4. The van der Waals surface area contributed by atoms with Gasteiger partial charge in [0.25, 0.3) is 0 Å². The molecule has 10 heteroatoms. The van der Waals surface area contributed by atoms with Crippen LogP contribution in [0.2, 0.25) is 0 Å². The molecule has 3 heterocycles. The van der Waals surface area contributed by atoms with Gasteiger partial charge in [0.1, 0.15) is 12.4 Å². The lowest BCUT2D eigenvalue weighted by Gasteiger charge is -2.19. The second kappa shape index (κ2) is 6.06. The van der Waals surface area contributed by atoms with Crippen molar-refractivity contribution >= 4 is 11.8 Å². The van der Waals surface area contributed by atoms with Crippen LogP contribution in [0.4, 0.5) is 13.2 Å². The quantitative estimate of drug-likeness (QED) is 0.876. The van der Waals surface area contributed by atoms with Gasteiger partial charge in [0, 0.05) is 25.9 Å². The summed E-state index contributed by atoms with van der Waals surface area (Å²) in [7, 11) is 0. The van der Waals surface area contributed by atoms with Crippen molar-refractivity contribution in [2.75, 3.05) is 13.1 Å². The van der Waals surface area contributed by atoms with Crippen LogP contribution in [0.3, 0.4) is 0 Å². The average Bonchev–Trinajstić information content (AvgIpc) is 3.13. The van der Waals surface area contributed by atoms with Gasteiger partial charge in [-0.15, -0.1) is 10.2 Å². The molecule has 0 saturated carbocycles. The van der Waals surface area contributed by atoms with Gasteiger partial charge in [-0.3, -0.25) is 9.59 Å². The number of hydrogen-bond donors (Lipinski definition) is 1. The van der Waals surface area contributed by atoms with E-state index in [2.05, 4.69) is 15.5 Å². The Kier molecular flexibility index (Phi) is 4.22. The van der Waals surface area contributed by atoms with Crippen LogP contribution in [0.5, 0.6) is 0 Å². The smallest absolute Gasteiger partial charge is 0.346 e. The zero-order valence-electron chi connectivity index (χ0n) is 13.1. The number of aryl methyl sites for hydroxylation is 1. The molecule has 1 aromatic rings. The van der Waals surface area contributed by atoms with Gasteiger partial charge in [-0.25, -0.2) is 0 Å². The van der Waals surface area contributed by atoms with Crippen molar-refractivity contribution < 1.29 is 22.8 Å². The lowest BCUT2D eigenvalue weighted by Crippen LogP contribution is -2.38. The first-order chi connectivity index (χ1) is 11.2. The maximum atomic E-state index is 12.4. The Morgan fingerprint density at radius 3 is 2.88 bits per heavy atom. The fourth-order valence-electron chi connectivity index (χ4n) is 3.21. The first-order valence-electron chi connectivity index (χ1n) is 7.81. The van der Waals surface area contributed by atoms with Crippen molar-refractivity contribution in [2.24, 2.45) is 5.92 Å². The third kappa shape index (κ3) is 3.36. The van der Waals surface area contributed by atoms with E-state index in [9.17, 15) is 22.8 Å². The van der Waals surface area contributed by atoms with Crippen molar-refractivity contribution in [1.82, 2.24) is 25.0 Å². The summed E-state index contributed by atoms with van der Waals surface area (Å²) in [5.74, 6) is -0.353. The summed E-state index contributed by atoms with van der Waals surface area (Å²) < 4.78 is 39.2. The van der Waals surface area contributed by atoms with E-state index < -0.39 is 36.5 Å². The summed E-state index contributed by atoms with van der Waals surface area (Å²) in [4.78, 5) is 24.6. The van der Waals surface area contributed by atoms with Gasteiger partial charge in [0.15, 0.2) is 5.82 Å². The van der Waals surface area contributed by atoms with Crippen LogP contribution in [0.25, 0.3) is 0 Å². The van der Waals surface area contributed by atoms with Crippen molar-refractivity contribution in [3.05, 3.63) is 11.6 Å². The molecule has 0 aromatic carbocycles. The number of halogens is 3. The highest BCUT2D eigenvalue weighted by atomic mass is 19.4. The van der Waals surface area contributed by atoms with Gasteiger partial charge in [0.05, 0.1) is 12.0 Å². The van der Waals surface area contributed by atoms with E-state index in [1.807, 2.05) is 4.57 Å². The first kappa shape index (κ1) is 16.7. The van der Waals surface area contributed by atoms with E-state index in [1.54, 1.807) is 6.92 Å². The molecule has 2 aliphatic heterocycles. The minimum atomic E-state index is -4.46. The van der Waals surface area contributed by atoms with Gasteiger partial charge in [-0.1, -0.05) is 0 Å². The van der Waals surface area contributed by atoms with E-state index in [0.29, 0.717) is 10.7 Å². The molecule has 1 aromatic heterocycles. The molecule has 2 unspecified atom stereocenters. The second-order valence-electron chi connectivity index (χ2n) is 6.25. The molecule has 2 amide bonds. The molecule has 132 valence electrons. The number of alkyl halides is 3. The van der Waals surface area contributed by atoms with E-state index in [4.69, 9.17) is 0 Å². The van der Waals surface area contributed by atoms with Crippen LogP contribution < -0.4 is 5.32 Å². The van der Waals surface area contributed by atoms with Gasteiger partial charge < -0.3 is 14.8 Å². The van der Waals surface area contributed by atoms with Crippen LogP contribution in [-0.4, -0.2) is 50.7 Å². The third-order valence-electron chi connectivity index (χ3n) is 4.34. The minimum absolute atomic E-state index is 0.202. The standard InChI is InChI=1S/C14H18F3N5O2/c1-8(12-20-19-10-3-2-4-22(10)12)18-13(24)9-5-11(23)21(6-9)7-14(15,16)17/h8-9H,2-7H2,1H3,(H,18,24). The summed E-state index contributed by atoms with van der Waals surface area (Å²) in [6.07, 6.45) is -2.85. The number of fused-ring (bicyclic) bond motifs is 1. The van der Waals surface area contributed by atoms with E-state index in [1.165, 1.54) is 0 Å². The SMILES string of the molecule is CC(NC(=O)C1CC(=O)N(CC(F)(F)F)C1)c1nnc2n1CCC2. The number of carbonyl (C=O) groups excluding carboxylic acids is 2. The highest BCUT2D eigenvalue weighted by Gasteiger charge is 2.41. The van der Waals surface area contributed by atoms with Gasteiger partial charge in [0.2, 0.25) is 11.8 Å². The Bertz CT molecular complexity index is 657. The van der Waals surface area contributed by atoms with Crippen molar-refractivity contribution in [2.45, 2.75) is 44.9 Å². The zero-order valence-corrected chi connectivity index (χ0v) is 13.1. The van der Waals surface area contributed by atoms with Gasteiger partial charge in [-0.05, 0) is 13.3 Å². The summed E-state index contributed by atoms with van der Waals surface area (Å²) in [6, 6.07) is -0.413. The van der Waals surface area contributed by atoms with Gasteiger partial charge >= 0.3 is 6.18 Å². The Balaban J connectivity index is 1.60. The van der Waals surface area contributed by atoms with Gasteiger partial charge in [-0.2, -0.15) is 13.2 Å². The molecule has 1 saturated heterocycles. The van der Waals surface area contributed by atoms with E-state index >= 15 is 0 Å². The molecule has 0 bridgehead atoms. The number of carbonyl (C=O) groups is 2. The summed E-state index contributed by atoms with van der Waals surface area (Å²) in [5.41, 5.74) is 0. The summed E-state index contributed by atoms with van der Waals surface area (Å²) in [6.45, 7) is 1.01. The van der Waals surface area contributed by atoms with E-state index in [-0.39, 0.29) is 13.0 Å². The van der Waals surface area contributed by atoms with Crippen LogP contribution in [-0.2, 0) is 22.6 Å². The molecule has 2 aliphatic rings. The average molecular weight is 345 g/mol. The van der Waals surface area contributed by atoms with Crippen LogP contribution >= 0.6 is 0 Å². The molecule has 0 aliphatic carbocycles. The molecular formula is C14H18F3N5O2. The van der Waals surface area contributed by atoms with Crippen LogP contribution in [0.15, 0.2) is 0 Å². The summed E-state index contributed by atoms with van der Waals surface area (Å²) >= 11 is 0. The minimum Gasteiger partial charge on any atom is -0.346 e. The molecule has 1 N–H and O–H groups in total. The topological polar surface area (TPSA) is 80.1 Å². The molecular weight excluding hydrogens is 327 g/mol. The fraction of sp³-hybridized carbons (Fsp3) is 0.714. The molecule has 2 atom stereocenters.